The second kappa shape index (κ2) is 13.1. The summed E-state index contributed by atoms with van der Waals surface area (Å²) in [7, 11) is 0. The number of halogens is 2. The Labute approximate surface area is 164 Å². The molecule has 0 aliphatic carbocycles. The van der Waals surface area contributed by atoms with E-state index in [1.165, 1.54) is 10.6 Å². The van der Waals surface area contributed by atoms with Crippen LogP contribution >= 0.6 is 6.46 Å². The molecule has 0 aromatic heterocycles. The van der Waals surface area contributed by atoms with Crippen molar-refractivity contribution in [3.63, 3.8) is 0 Å². The van der Waals surface area contributed by atoms with E-state index in [0.29, 0.717) is 0 Å². The molecule has 0 bridgehead atoms. The fraction of sp³-hybridized carbons (Fsp3) is 0.188. The quantitative estimate of drug-likeness (QED) is 0.276. The molecule has 0 aliphatic heterocycles. The summed E-state index contributed by atoms with van der Waals surface area (Å²) < 4.78 is 0. The predicted molar refractivity (Wildman–Crippen MR) is 93.8 cm³/mol. The monoisotopic (exact) mass is 465 g/mol. The van der Waals surface area contributed by atoms with Crippen LogP contribution in [0.15, 0.2) is 60.7 Å². The third-order valence-electron chi connectivity index (χ3n) is 2.82. The van der Waals surface area contributed by atoms with Crippen molar-refractivity contribution in [2.75, 3.05) is 6.16 Å². The second-order valence-corrected chi connectivity index (χ2v) is 8.82. The predicted octanol–water partition coefficient (Wildman–Crippen LogP) is -2.40. The molecule has 0 saturated heterocycles. The molecule has 0 amide bonds. The summed E-state index contributed by atoms with van der Waals surface area (Å²) >= 11 is 6.01. The molecule has 2 rings (SSSR count). The van der Waals surface area contributed by atoms with Crippen molar-refractivity contribution in [1.82, 2.24) is 0 Å². The van der Waals surface area contributed by atoms with Crippen molar-refractivity contribution in [3.8, 4) is 0 Å². The van der Waals surface area contributed by atoms with Gasteiger partial charge in [0.1, 0.15) is 0 Å². The molecule has 0 unspecified atom stereocenters. The molecular weight excluding hydrogens is 445 g/mol. The normalized spacial score (nSPS) is 9.24. The minimum absolute atomic E-state index is 0. The molecule has 0 atom stereocenters. The maximum atomic E-state index is 6.01. The first-order valence-corrected chi connectivity index (χ1v) is 8.75. The largest absolute Gasteiger partial charge is 2.00 e. The molecule has 0 heterocycles. The molecule has 2 aromatic rings. The van der Waals surface area contributed by atoms with Crippen molar-refractivity contribution in [2.45, 2.75) is 13.8 Å². The van der Waals surface area contributed by atoms with Crippen molar-refractivity contribution in [3.05, 3.63) is 67.6 Å². The fourth-order valence-electron chi connectivity index (χ4n) is 1.97. The molecule has 0 N–H and O–H groups in total. The van der Waals surface area contributed by atoms with Gasteiger partial charge in [0.2, 0.25) is 0 Å². The van der Waals surface area contributed by atoms with Gasteiger partial charge in [-0.1, -0.05) is 43.8 Å². The summed E-state index contributed by atoms with van der Waals surface area (Å²) in [6.45, 7) is 2.33. The Bertz CT molecular complexity index is 429. The number of benzene rings is 2. The van der Waals surface area contributed by atoms with Gasteiger partial charge >= 0.3 is 23.9 Å². The van der Waals surface area contributed by atoms with E-state index >= 15 is 0 Å². The topological polar surface area (TPSA) is 0 Å². The summed E-state index contributed by atoms with van der Waals surface area (Å²) in [4.78, 5) is 0. The van der Waals surface area contributed by atoms with Gasteiger partial charge in [-0.05, 0) is 44.1 Å². The van der Waals surface area contributed by atoms with E-state index in [-0.39, 0.29) is 56.1 Å². The van der Waals surface area contributed by atoms with E-state index in [1.54, 1.807) is 0 Å². The maximum absolute atomic E-state index is 6.01. The average molecular weight is 465 g/mol. The van der Waals surface area contributed by atoms with E-state index < -0.39 is 6.46 Å². The molecule has 0 aliphatic rings. The summed E-state index contributed by atoms with van der Waals surface area (Å²) in [6.07, 6.45) is 1.89. The second-order valence-electron chi connectivity index (χ2n) is 3.99. The van der Waals surface area contributed by atoms with Gasteiger partial charge in [0.15, 0.2) is 0 Å². The van der Waals surface area contributed by atoms with Crippen LogP contribution in [0.1, 0.15) is 13.8 Å². The van der Waals surface area contributed by atoms with Crippen LogP contribution in [0, 0.1) is 6.92 Å². The third kappa shape index (κ3) is 6.71. The molecule has 0 fully saturated rings. The number of hydrogen-bond donors (Lipinski definition) is 0. The standard InChI is InChI=1S/C15H16PS.CH4.2ClH.Sn/c1-2-13-16(17,14-9-5-3-6-10-14)15-11-7-4-8-12-15;;;;/h3-12H,1-2,13H2;1H4;2*1H;/q;;;;+2/p-2. The first kappa shape index (κ1) is 26.5. The Kier molecular flexibility index (Phi) is 16.5. The molecule has 113 valence electrons. The van der Waals surface area contributed by atoms with Crippen molar-refractivity contribution < 1.29 is 24.8 Å². The van der Waals surface area contributed by atoms with Crippen LogP contribution in [-0.4, -0.2) is 30.1 Å². The Hall–Kier alpha value is 0.599. The smallest absolute Gasteiger partial charge is 1.00 e. The zero-order valence-electron chi connectivity index (χ0n) is 11.0. The van der Waals surface area contributed by atoms with Crippen molar-refractivity contribution in [2.24, 2.45) is 0 Å². The van der Waals surface area contributed by atoms with E-state index in [4.69, 9.17) is 12.2 Å². The molecule has 3 radical (unpaired) electrons. The van der Waals surface area contributed by atoms with Gasteiger partial charge in [-0.25, -0.2) is 0 Å². The molecule has 0 nitrogen and oxygen atoms in total. The minimum Gasteiger partial charge on any atom is -1.00 e. The summed E-state index contributed by atoms with van der Waals surface area (Å²) in [6, 6.07) is 21.0. The van der Waals surface area contributed by atoms with Gasteiger partial charge in [-0.3, -0.25) is 0 Å². The van der Waals surface area contributed by atoms with Crippen LogP contribution in [0.2, 0.25) is 0 Å². The fourth-order valence-corrected chi connectivity index (χ4v) is 5.65. The van der Waals surface area contributed by atoms with Crippen molar-refractivity contribution in [1.29, 1.82) is 0 Å². The molecule has 5 heteroatoms. The Morgan fingerprint density at radius 3 is 1.43 bits per heavy atom. The Morgan fingerprint density at radius 1 is 0.810 bits per heavy atom. The molecule has 0 spiro atoms. The van der Waals surface area contributed by atoms with Gasteiger partial charge in [0.25, 0.3) is 0 Å². The molecular formula is C16H20Cl2PSSn. The number of rotatable bonds is 4. The van der Waals surface area contributed by atoms with E-state index in [2.05, 4.69) is 55.5 Å². The van der Waals surface area contributed by atoms with Gasteiger partial charge in [0, 0.05) is 6.16 Å². The van der Waals surface area contributed by atoms with Crippen LogP contribution in [0.25, 0.3) is 0 Å². The summed E-state index contributed by atoms with van der Waals surface area (Å²) in [5.41, 5.74) is 0. The van der Waals surface area contributed by atoms with Gasteiger partial charge in [-0.15, -0.1) is 0 Å². The van der Waals surface area contributed by atoms with Crippen LogP contribution in [0.3, 0.4) is 0 Å². The van der Waals surface area contributed by atoms with Gasteiger partial charge in [0.05, 0.1) is 10.6 Å². The summed E-state index contributed by atoms with van der Waals surface area (Å²) in [5.74, 6) is 0. The zero-order chi connectivity index (χ0) is 12.1. The SMILES string of the molecule is C.[CH2]CC[P+]([S-])(c1ccccc1)c1ccccc1.[Cl-].[Cl-].[Sn+2]. The van der Waals surface area contributed by atoms with Crippen LogP contribution in [0.4, 0.5) is 0 Å². The van der Waals surface area contributed by atoms with Gasteiger partial charge < -0.3 is 37.1 Å². The maximum Gasteiger partial charge on any atom is 2.00 e. The molecule has 0 saturated carbocycles. The zero-order valence-corrected chi connectivity index (χ0v) is 17.1. The first-order chi connectivity index (χ1) is 8.27. The summed E-state index contributed by atoms with van der Waals surface area (Å²) in [5, 5.41) is 2.59. The molecule has 2 aromatic carbocycles. The average Bonchev–Trinajstić information content (AvgIpc) is 2.41. The van der Waals surface area contributed by atoms with Crippen LogP contribution < -0.4 is 35.4 Å². The molecule has 21 heavy (non-hydrogen) atoms. The minimum atomic E-state index is -1.65. The third-order valence-corrected chi connectivity index (χ3v) is 7.84. The van der Waals surface area contributed by atoms with Crippen LogP contribution in [0.5, 0.6) is 0 Å². The van der Waals surface area contributed by atoms with E-state index in [9.17, 15) is 0 Å². The Morgan fingerprint density at radius 2 is 1.14 bits per heavy atom. The van der Waals surface area contributed by atoms with Crippen molar-refractivity contribution >= 4 is 53.2 Å². The van der Waals surface area contributed by atoms with E-state index in [1.807, 2.05) is 12.1 Å². The van der Waals surface area contributed by atoms with Crippen LogP contribution in [-0.2, 0) is 12.2 Å². The number of hydrogen-bond acceptors (Lipinski definition) is 1. The Balaban J connectivity index is -0.000000810. The van der Waals surface area contributed by atoms with E-state index in [0.717, 1.165) is 12.6 Å². The first-order valence-electron chi connectivity index (χ1n) is 5.77. The van der Waals surface area contributed by atoms with Gasteiger partial charge in [-0.2, -0.15) is 0 Å².